The van der Waals surface area contributed by atoms with Gasteiger partial charge >= 0.3 is 0 Å². The fourth-order valence-electron chi connectivity index (χ4n) is 1.99. The number of aromatic hydroxyl groups is 1. The van der Waals surface area contributed by atoms with Crippen molar-refractivity contribution >= 4 is 0 Å². The molecule has 17 heavy (non-hydrogen) atoms. The van der Waals surface area contributed by atoms with Gasteiger partial charge in [-0.2, -0.15) is 0 Å². The summed E-state index contributed by atoms with van der Waals surface area (Å²) in [5.41, 5.74) is 0.854. The van der Waals surface area contributed by atoms with Gasteiger partial charge < -0.3 is 19.9 Å². The first-order valence-electron chi connectivity index (χ1n) is 5.82. The Labute approximate surface area is 102 Å². The molecule has 1 saturated heterocycles. The molecule has 94 valence electrons. The molecule has 1 atom stereocenters. The fraction of sp³-hybridized carbons (Fsp3) is 0.538. The van der Waals surface area contributed by atoms with Gasteiger partial charge in [0.05, 0.1) is 13.7 Å². The lowest BCUT2D eigenvalue weighted by Crippen LogP contribution is -2.42. The van der Waals surface area contributed by atoms with Crippen LogP contribution in [0.3, 0.4) is 0 Å². The van der Waals surface area contributed by atoms with E-state index < -0.39 is 0 Å². The maximum Gasteiger partial charge on any atom is 0.162 e. The monoisotopic (exact) mass is 237 g/mol. The summed E-state index contributed by atoms with van der Waals surface area (Å²) >= 11 is 0. The molecular weight excluding hydrogens is 218 g/mol. The number of ether oxygens (including phenoxy) is 2. The predicted octanol–water partition coefficient (Wildman–Crippen LogP) is 1.67. The largest absolute Gasteiger partial charge is 0.504 e. The second-order valence-electron chi connectivity index (χ2n) is 4.68. The Hall–Kier alpha value is -1.26. The summed E-state index contributed by atoms with van der Waals surface area (Å²) in [4.78, 5) is 0. The molecule has 1 aliphatic heterocycles. The van der Waals surface area contributed by atoms with Crippen molar-refractivity contribution in [2.45, 2.75) is 25.4 Å². The minimum absolute atomic E-state index is 0.00944. The van der Waals surface area contributed by atoms with E-state index in [4.69, 9.17) is 9.47 Å². The number of nitrogens with one attached hydrogen (secondary N) is 1. The fourth-order valence-corrected chi connectivity index (χ4v) is 1.99. The molecule has 1 aromatic rings. The zero-order valence-electron chi connectivity index (χ0n) is 10.3. The third-order valence-corrected chi connectivity index (χ3v) is 3.23. The van der Waals surface area contributed by atoms with Crippen LogP contribution in [0.2, 0.25) is 0 Å². The topological polar surface area (TPSA) is 50.7 Å². The molecule has 2 rings (SSSR count). The van der Waals surface area contributed by atoms with Crippen LogP contribution in [0, 0.1) is 0 Å². The van der Waals surface area contributed by atoms with E-state index in [9.17, 15) is 5.11 Å². The van der Waals surface area contributed by atoms with Crippen LogP contribution in [0.5, 0.6) is 11.5 Å². The van der Waals surface area contributed by atoms with Gasteiger partial charge in [-0.15, -0.1) is 0 Å². The van der Waals surface area contributed by atoms with Crippen molar-refractivity contribution in [1.29, 1.82) is 0 Å². The van der Waals surface area contributed by atoms with E-state index in [1.54, 1.807) is 13.2 Å². The first kappa shape index (κ1) is 12.2. The van der Waals surface area contributed by atoms with Gasteiger partial charge in [0.1, 0.15) is 0 Å². The van der Waals surface area contributed by atoms with Crippen LogP contribution in [-0.2, 0) is 11.3 Å². The summed E-state index contributed by atoms with van der Waals surface area (Å²) in [6.45, 7) is 4.27. The first-order chi connectivity index (χ1) is 8.14. The summed E-state index contributed by atoms with van der Waals surface area (Å²) in [5.74, 6) is 0.724. The molecule has 4 nitrogen and oxygen atoms in total. The zero-order valence-corrected chi connectivity index (χ0v) is 10.3. The van der Waals surface area contributed by atoms with Crippen LogP contribution < -0.4 is 10.1 Å². The number of benzene rings is 1. The summed E-state index contributed by atoms with van der Waals surface area (Å²) in [5, 5.41) is 13.4. The van der Waals surface area contributed by atoms with Crippen molar-refractivity contribution in [3.8, 4) is 11.5 Å². The Kier molecular flexibility index (Phi) is 3.54. The molecule has 1 aromatic carbocycles. The maximum absolute atomic E-state index is 9.95. The molecule has 1 fully saturated rings. The van der Waals surface area contributed by atoms with Gasteiger partial charge in [0.25, 0.3) is 0 Å². The molecule has 0 bridgehead atoms. The number of rotatable bonds is 4. The summed E-state index contributed by atoms with van der Waals surface area (Å²) in [7, 11) is 1.55. The van der Waals surface area contributed by atoms with Crippen LogP contribution >= 0.6 is 0 Å². The normalized spacial score (nSPS) is 23.9. The third kappa shape index (κ3) is 2.70. The zero-order chi connectivity index (χ0) is 12.3. The molecule has 0 aliphatic carbocycles. The molecule has 1 heterocycles. The quantitative estimate of drug-likeness (QED) is 0.836. The van der Waals surface area contributed by atoms with E-state index in [-0.39, 0.29) is 11.3 Å². The molecule has 0 radical (unpaired) electrons. The average molecular weight is 237 g/mol. The third-order valence-electron chi connectivity index (χ3n) is 3.23. The van der Waals surface area contributed by atoms with Gasteiger partial charge in [0.2, 0.25) is 0 Å². The maximum atomic E-state index is 9.95. The number of phenols is 1. The van der Waals surface area contributed by atoms with Gasteiger partial charge in [-0.25, -0.2) is 0 Å². The second-order valence-corrected chi connectivity index (χ2v) is 4.68. The molecule has 4 heteroatoms. The van der Waals surface area contributed by atoms with Gasteiger partial charge in [0.15, 0.2) is 11.5 Å². The Bertz CT molecular complexity index is 386. The van der Waals surface area contributed by atoms with Crippen molar-refractivity contribution in [3.63, 3.8) is 0 Å². The Morgan fingerprint density at radius 2 is 2.35 bits per heavy atom. The minimum atomic E-state index is 0.00944. The molecule has 0 aromatic heterocycles. The van der Waals surface area contributed by atoms with Crippen LogP contribution in [-0.4, -0.2) is 31.0 Å². The van der Waals surface area contributed by atoms with E-state index in [2.05, 4.69) is 12.2 Å². The van der Waals surface area contributed by atoms with E-state index >= 15 is 0 Å². The highest BCUT2D eigenvalue weighted by molar-refractivity contribution is 5.45. The number of hydrogen-bond acceptors (Lipinski definition) is 4. The predicted molar refractivity (Wildman–Crippen MR) is 65.3 cm³/mol. The molecule has 0 amide bonds. The number of methoxy groups -OCH3 is 1. The van der Waals surface area contributed by atoms with Crippen LogP contribution in [0.4, 0.5) is 0 Å². The van der Waals surface area contributed by atoms with Crippen molar-refractivity contribution < 1.29 is 14.6 Å². The van der Waals surface area contributed by atoms with Gasteiger partial charge in [0, 0.05) is 24.3 Å². The molecule has 1 aliphatic rings. The van der Waals surface area contributed by atoms with Gasteiger partial charge in [-0.3, -0.25) is 0 Å². The number of hydrogen-bond donors (Lipinski definition) is 2. The lowest BCUT2D eigenvalue weighted by atomic mass is 10.0. The average Bonchev–Trinajstić information content (AvgIpc) is 2.75. The Morgan fingerprint density at radius 1 is 1.53 bits per heavy atom. The van der Waals surface area contributed by atoms with E-state index in [1.807, 2.05) is 12.1 Å². The number of phenolic OH excluding ortho intramolecular Hbond substituents is 1. The van der Waals surface area contributed by atoms with Crippen LogP contribution in [0.15, 0.2) is 18.2 Å². The van der Waals surface area contributed by atoms with E-state index in [0.29, 0.717) is 12.3 Å². The second kappa shape index (κ2) is 4.94. The van der Waals surface area contributed by atoms with Crippen molar-refractivity contribution in [2.24, 2.45) is 0 Å². The van der Waals surface area contributed by atoms with E-state index in [1.165, 1.54) is 0 Å². The highest BCUT2D eigenvalue weighted by atomic mass is 16.5. The Morgan fingerprint density at radius 3 is 3.00 bits per heavy atom. The number of para-hydroxylation sites is 1. The molecule has 2 N–H and O–H groups in total. The van der Waals surface area contributed by atoms with Crippen LogP contribution in [0.1, 0.15) is 18.9 Å². The minimum Gasteiger partial charge on any atom is -0.504 e. The molecule has 1 unspecified atom stereocenters. The summed E-state index contributed by atoms with van der Waals surface area (Å²) in [6, 6.07) is 5.52. The lowest BCUT2D eigenvalue weighted by Gasteiger charge is -2.24. The van der Waals surface area contributed by atoms with Crippen molar-refractivity contribution in [3.05, 3.63) is 23.8 Å². The molecule has 0 spiro atoms. The smallest absolute Gasteiger partial charge is 0.162 e. The highest BCUT2D eigenvalue weighted by Crippen LogP contribution is 2.30. The van der Waals surface area contributed by atoms with E-state index in [0.717, 1.165) is 25.2 Å². The lowest BCUT2D eigenvalue weighted by molar-refractivity contribution is 0.171. The molecular formula is C13H19NO3. The molecule has 0 saturated carbocycles. The standard InChI is InChI=1S/C13H19NO3/c1-13(6-7-17-9-13)14-8-10-4-3-5-11(16-2)12(10)15/h3-5,14-15H,6-9H2,1-2H3. The van der Waals surface area contributed by atoms with Crippen molar-refractivity contribution in [2.75, 3.05) is 20.3 Å². The van der Waals surface area contributed by atoms with Crippen LogP contribution in [0.25, 0.3) is 0 Å². The Balaban J connectivity index is 2.03. The van der Waals surface area contributed by atoms with Gasteiger partial charge in [-0.05, 0) is 19.4 Å². The highest BCUT2D eigenvalue weighted by Gasteiger charge is 2.29. The van der Waals surface area contributed by atoms with Crippen molar-refractivity contribution in [1.82, 2.24) is 5.32 Å². The first-order valence-corrected chi connectivity index (χ1v) is 5.82. The summed E-state index contributed by atoms with van der Waals surface area (Å²) < 4.78 is 10.5. The van der Waals surface area contributed by atoms with Gasteiger partial charge in [-0.1, -0.05) is 12.1 Å². The SMILES string of the molecule is COc1cccc(CNC2(C)CCOC2)c1O. The summed E-state index contributed by atoms with van der Waals surface area (Å²) in [6.07, 6.45) is 0.998.